The second kappa shape index (κ2) is 3.60. The lowest BCUT2D eigenvalue weighted by atomic mass is 9.76. The first-order chi connectivity index (χ1) is 9.32. The molecule has 1 amide bonds. The zero-order chi connectivity index (χ0) is 12.9. The molecule has 0 unspecified atom stereocenters. The van der Waals surface area contributed by atoms with Crippen molar-refractivity contribution in [3.63, 3.8) is 0 Å². The summed E-state index contributed by atoms with van der Waals surface area (Å²) < 4.78 is 5.78. The lowest BCUT2D eigenvalue weighted by Gasteiger charge is -2.21. The number of benzene rings is 1. The Labute approximate surface area is 111 Å². The van der Waals surface area contributed by atoms with Gasteiger partial charge in [0.15, 0.2) is 0 Å². The maximum absolute atomic E-state index is 12.5. The maximum Gasteiger partial charge on any atom is 0.243 e. The average molecular weight is 251 g/mol. The van der Waals surface area contributed by atoms with Crippen molar-refractivity contribution in [1.82, 2.24) is 0 Å². The van der Waals surface area contributed by atoms with Crippen LogP contribution in [0.15, 0.2) is 59.9 Å². The molecular formula is C16H13NO2. The average Bonchev–Trinajstić information content (AvgIpc) is 2.81. The van der Waals surface area contributed by atoms with Gasteiger partial charge in [0.1, 0.15) is 17.8 Å². The summed E-state index contributed by atoms with van der Waals surface area (Å²) in [6, 6.07) is 7.85. The van der Waals surface area contributed by atoms with Crippen LogP contribution >= 0.6 is 0 Å². The van der Waals surface area contributed by atoms with E-state index in [1.807, 2.05) is 36.4 Å². The third-order valence-corrected chi connectivity index (χ3v) is 4.02. The van der Waals surface area contributed by atoms with Gasteiger partial charge in [-0.3, -0.25) is 4.79 Å². The van der Waals surface area contributed by atoms with Gasteiger partial charge in [-0.2, -0.15) is 0 Å². The molecule has 1 spiro atoms. The fourth-order valence-electron chi connectivity index (χ4n) is 3.08. The molecule has 1 aromatic carbocycles. The number of para-hydroxylation sites is 1. The Bertz CT molecular complexity index is 669. The van der Waals surface area contributed by atoms with Crippen molar-refractivity contribution in [2.75, 3.05) is 11.9 Å². The largest absolute Gasteiger partial charge is 0.491 e. The van der Waals surface area contributed by atoms with E-state index in [1.54, 1.807) is 0 Å². The summed E-state index contributed by atoms with van der Waals surface area (Å²) in [6.45, 7) is 0.384. The number of hydrogen-bond donors (Lipinski definition) is 1. The topological polar surface area (TPSA) is 38.3 Å². The highest BCUT2D eigenvalue weighted by Crippen LogP contribution is 2.48. The molecule has 0 radical (unpaired) electrons. The number of amides is 1. The molecule has 0 bridgehead atoms. The van der Waals surface area contributed by atoms with Crippen LogP contribution < -0.4 is 5.32 Å². The number of rotatable bonds is 0. The molecule has 19 heavy (non-hydrogen) atoms. The molecule has 0 fully saturated rings. The monoisotopic (exact) mass is 251 g/mol. The van der Waals surface area contributed by atoms with E-state index in [1.165, 1.54) is 0 Å². The van der Waals surface area contributed by atoms with Gasteiger partial charge in [-0.1, -0.05) is 36.4 Å². The molecule has 3 heteroatoms. The van der Waals surface area contributed by atoms with Crippen LogP contribution in [0.25, 0.3) is 0 Å². The van der Waals surface area contributed by atoms with Crippen LogP contribution in [0.4, 0.5) is 5.69 Å². The Kier molecular flexibility index (Phi) is 2.01. The van der Waals surface area contributed by atoms with Crippen molar-refractivity contribution in [2.24, 2.45) is 0 Å². The van der Waals surface area contributed by atoms with Gasteiger partial charge in [-0.15, -0.1) is 0 Å². The van der Waals surface area contributed by atoms with E-state index in [0.717, 1.165) is 29.0 Å². The number of carbonyl (C=O) groups is 1. The van der Waals surface area contributed by atoms with E-state index in [-0.39, 0.29) is 5.91 Å². The number of nitrogens with one attached hydrogen (secondary N) is 1. The Balaban J connectivity index is 1.98. The maximum atomic E-state index is 12.5. The summed E-state index contributed by atoms with van der Waals surface area (Å²) in [4.78, 5) is 12.5. The number of ether oxygens (including phenoxy) is 1. The summed E-state index contributed by atoms with van der Waals surface area (Å²) in [5.74, 6) is 0.833. The van der Waals surface area contributed by atoms with E-state index in [0.29, 0.717) is 6.61 Å². The van der Waals surface area contributed by atoms with E-state index in [9.17, 15) is 4.79 Å². The summed E-state index contributed by atoms with van der Waals surface area (Å²) >= 11 is 0. The number of fused-ring (bicyclic) bond motifs is 3. The highest BCUT2D eigenvalue weighted by atomic mass is 16.5. The lowest BCUT2D eigenvalue weighted by Crippen LogP contribution is -2.37. The van der Waals surface area contributed by atoms with Crippen molar-refractivity contribution >= 4 is 11.6 Å². The second-order valence-corrected chi connectivity index (χ2v) is 5.01. The molecule has 2 heterocycles. The fraction of sp³-hybridized carbons (Fsp3) is 0.188. The molecule has 0 saturated carbocycles. The predicted molar refractivity (Wildman–Crippen MR) is 72.6 cm³/mol. The van der Waals surface area contributed by atoms with Crippen molar-refractivity contribution in [3.8, 4) is 0 Å². The SMILES string of the molecule is O=C1Nc2ccccc2[C@]12COC1=C2C=CCC=C1. The van der Waals surface area contributed by atoms with Gasteiger partial charge >= 0.3 is 0 Å². The Morgan fingerprint density at radius 1 is 1.16 bits per heavy atom. The number of hydrogen-bond acceptors (Lipinski definition) is 2. The Morgan fingerprint density at radius 3 is 2.95 bits per heavy atom. The predicted octanol–water partition coefficient (Wildman–Crippen LogP) is 2.68. The van der Waals surface area contributed by atoms with Gasteiger partial charge in [0.2, 0.25) is 5.91 Å². The van der Waals surface area contributed by atoms with Crippen molar-refractivity contribution < 1.29 is 9.53 Å². The second-order valence-electron chi connectivity index (χ2n) is 5.01. The highest BCUT2D eigenvalue weighted by molar-refractivity contribution is 6.09. The molecule has 1 N–H and O–H groups in total. The van der Waals surface area contributed by atoms with Crippen molar-refractivity contribution in [3.05, 3.63) is 65.5 Å². The van der Waals surface area contributed by atoms with Crippen molar-refractivity contribution in [2.45, 2.75) is 11.8 Å². The van der Waals surface area contributed by atoms with Crippen LogP contribution in [-0.4, -0.2) is 12.5 Å². The van der Waals surface area contributed by atoms with Gasteiger partial charge in [0.25, 0.3) is 0 Å². The molecule has 3 aliphatic rings. The van der Waals surface area contributed by atoms with Crippen molar-refractivity contribution in [1.29, 1.82) is 0 Å². The van der Waals surface area contributed by atoms with Gasteiger partial charge in [-0.05, 0) is 24.1 Å². The first kappa shape index (κ1) is 10.6. The van der Waals surface area contributed by atoms with Crippen LogP contribution in [0, 0.1) is 0 Å². The minimum Gasteiger partial charge on any atom is -0.491 e. The lowest BCUT2D eigenvalue weighted by molar-refractivity contribution is -0.120. The van der Waals surface area contributed by atoms with Crippen LogP contribution in [0.1, 0.15) is 12.0 Å². The third kappa shape index (κ3) is 1.24. The molecular weight excluding hydrogens is 238 g/mol. The minimum atomic E-state index is -0.670. The number of anilines is 1. The van der Waals surface area contributed by atoms with E-state index < -0.39 is 5.41 Å². The molecule has 1 atom stereocenters. The first-order valence-corrected chi connectivity index (χ1v) is 6.44. The summed E-state index contributed by atoms with van der Waals surface area (Å²) in [5, 5.41) is 2.97. The van der Waals surface area contributed by atoms with Gasteiger partial charge in [0.05, 0.1) is 0 Å². The molecule has 4 rings (SSSR count). The van der Waals surface area contributed by atoms with Crippen LogP contribution in [0.2, 0.25) is 0 Å². The highest BCUT2D eigenvalue weighted by Gasteiger charge is 2.53. The molecule has 1 aromatic rings. The molecule has 0 aromatic heterocycles. The molecule has 1 aliphatic carbocycles. The van der Waals surface area contributed by atoms with Crippen LogP contribution in [0.3, 0.4) is 0 Å². The quantitative estimate of drug-likeness (QED) is 0.770. The fourth-order valence-corrected chi connectivity index (χ4v) is 3.08. The Hall–Kier alpha value is -2.29. The number of allylic oxidation sites excluding steroid dienone is 4. The van der Waals surface area contributed by atoms with Gasteiger partial charge in [-0.25, -0.2) is 0 Å². The summed E-state index contributed by atoms with van der Waals surface area (Å²) in [6.07, 6.45) is 9.00. The minimum absolute atomic E-state index is 0.0126. The van der Waals surface area contributed by atoms with E-state index in [2.05, 4.69) is 17.5 Å². The number of carbonyl (C=O) groups excluding carboxylic acids is 1. The molecule has 94 valence electrons. The molecule has 0 saturated heterocycles. The summed E-state index contributed by atoms with van der Waals surface area (Å²) in [5.41, 5.74) is 2.22. The normalized spacial score (nSPS) is 27.1. The third-order valence-electron chi connectivity index (χ3n) is 4.02. The van der Waals surface area contributed by atoms with E-state index in [4.69, 9.17) is 4.74 Å². The zero-order valence-corrected chi connectivity index (χ0v) is 10.3. The van der Waals surface area contributed by atoms with Gasteiger partial charge < -0.3 is 10.1 Å². The molecule has 3 nitrogen and oxygen atoms in total. The van der Waals surface area contributed by atoms with Crippen LogP contribution in [-0.2, 0) is 14.9 Å². The molecule has 2 aliphatic heterocycles. The Morgan fingerprint density at radius 2 is 2.00 bits per heavy atom. The summed E-state index contributed by atoms with van der Waals surface area (Å²) in [7, 11) is 0. The standard InChI is InChI=1S/C16H13NO2/c18-15-16(11-6-4-5-8-13(11)17-15)10-19-14-9-3-1-2-7-12(14)16/h2-9H,1,10H2,(H,17,18)/t16-/m0/s1. The first-order valence-electron chi connectivity index (χ1n) is 6.44. The van der Waals surface area contributed by atoms with Gasteiger partial charge in [0, 0.05) is 11.3 Å². The van der Waals surface area contributed by atoms with Crippen LogP contribution in [0.5, 0.6) is 0 Å². The zero-order valence-electron chi connectivity index (χ0n) is 10.3. The van der Waals surface area contributed by atoms with E-state index >= 15 is 0 Å². The smallest absolute Gasteiger partial charge is 0.243 e.